The molecule has 0 amide bonds. The molecule has 0 spiro atoms. The first-order valence-electron chi connectivity index (χ1n) is 5.91. The molecule has 5 heteroatoms. The van der Waals surface area contributed by atoms with Crippen molar-refractivity contribution in [3.63, 3.8) is 0 Å². The molecule has 0 bridgehead atoms. The number of hydrogen-bond acceptors (Lipinski definition) is 3. The van der Waals surface area contributed by atoms with Crippen LogP contribution < -0.4 is 5.30 Å². The van der Waals surface area contributed by atoms with Crippen LogP contribution >= 0.6 is 6.42 Å². The average molecular weight is 271 g/mol. The highest BCUT2D eigenvalue weighted by atomic mass is 32.4. The van der Waals surface area contributed by atoms with Gasteiger partial charge in [-0.15, -0.1) is 0 Å². The Morgan fingerprint density at radius 1 is 1.29 bits per heavy atom. The van der Waals surface area contributed by atoms with Gasteiger partial charge in [0, 0.05) is 18.4 Å². The van der Waals surface area contributed by atoms with Crippen LogP contribution in [0.1, 0.15) is 6.92 Å². The third-order valence-electron chi connectivity index (χ3n) is 2.75. The minimum atomic E-state index is -2.06. The van der Waals surface area contributed by atoms with Crippen molar-refractivity contribution in [2.75, 3.05) is 32.9 Å². The lowest BCUT2D eigenvalue weighted by atomic mass is 10.4. The number of nitrogens with zero attached hydrogens (tertiary/aromatic N) is 1. The van der Waals surface area contributed by atoms with Crippen molar-refractivity contribution in [1.82, 2.24) is 4.67 Å². The molecule has 1 aliphatic rings. The summed E-state index contributed by atoms with van der Waals surface area (Å²) < 4.78 is 13.6. The van der Waals surface area contributed by atoms with Crippen molar-refractivity contribution in [3.8, 4) is 0 Å². The highest BCUT2D eigenvalue weighted by molar-refractivity contribution is 8.14. The predicted molar refractivity (Wildman–Crippen MR) is 74.4 cm³/mol. The van der Waals surface area contributed by atoms with E-state index in [-0.39, 0.29) is 0 Å². The highest BCUT2D eigenvalue weighted by Gasteiger charge is 2.29. The molecular formula is C12H18NO2PS. The fraction of sp³-hybridized carbons (Fsp3) is 0.500. The molecular weight excluding hydrogens is 253 g/mol. The summed E-state index contributed by atoms with van der Waals surface area (Å²) in [6, 6.07) is 10.2. The van der Waals surface area contributed by atoms with Crippen molar-refractivity contribution in [3.05, 3.63) is 30.3 Å². The topological polar surface area (TPSA) is 21.7 Å². The molecule has 17 heavy (non-hydrogen) atoms. The molecule has 0 aromatic heterocycles. The molecule has 1 unspecified atom stereocenters. The van der Waals surface area contributed by atoms with Crippen molar-refractivity contribution < 1.29 is 9.26 Å². The Labute approximate surface area is 108 Å². The SMILES string of the molecule is CCOP(=S)(c1ccccc1)N1CCOCC1. The van der Waals surface area contributed by atoms with Gasteiger partial charge in [0.2, 0.25) is 0 Å². The second kappa shape index (κ2) is 6.07. The Bertz CT molecular complexity index is 393. The number of rotatable bonds is 4. The summed E-state index contributed by atoms with van der Waals surface area (Å²) in [6.45, 7) is 5.89. The molecule has 2 rings (SSSR count). The van der Waals surface area contributed by atoms with Crippen LogP contribution in [-0.2, 0) is 21.1 Å². The maximum absolute atomic E-state index is 5.95. The van der Waals surface area contributed by atoms with Crippen LogP contribution in [0.15, 0.2) is 30.3 Å². The molecule has 1 fully saturated rings. The maximum Gasteiger partial charge on any atom is 0.161 e. The zero-order valence-electron chi connectivity index (χ0n) is 10.0. The van der Waals surface area contributed by atoms with E-state index in [0.29, 0.717) is 6.61 Å². The zero-order chi connectivity index (χ0) is 12.1. The molecule has 1 aromatic carbocycles. The molecule has 1 aromatic rings. The highest BCUT2D eigenvalue weighted by Crippen LogP contribution is 2.50. The molecule has 3 nitrogen and oxygen atoms in total. The quantitative estimate of drug-likeness (QED) is 0.781. The molecule has 1 atom stereocenters. The van der Waals surface area contributed by atoms with Crippen LogP contribution in [0.5, 0.6) is 0 Å². The first-order chi connectivity index (χ1) is 8.27. The van der Waals surface area contributed by atoms with Gasteiger partial charge in [-0.3, -0.25) is 0 Å². The van der Waals surface area contributed by atoms with E-state index in [4.69, 9.17) is 21.1 Å². The molecule has 94 valence electrons. The maximum atomic E-state index is 5.95. The lowest BCUT2D eigenvalue weighted by Gasteiger charge is -2.36. The Hall–Kier alpha value is -0.250. The third kappa shape index (κ3) is 2.95. The van der Waals surface area contributed by atoms with E-state index in [1.807, 2.05) is 25.1 Å². The van der Waals surface area contributed by atoms with E-state index in [0.717, 1.165) is 31.6 Å². The Kier molecular flexibility index (Phi) is 4.71. The predicted octanol–water partition coefficient (Wildman–Crippen LogP) is 1.99. The summed E-state index contributed by atoms with van der Waals surface area (Å²) in [5.74, 6) is 0. The lowest BCUT2D eigenvalue weighted by molar-refractivity contribution is 0.0703. The van der Waals surface area contributed by atoms with E-state index >= 15 is 0 Å². The Balaban J connectivity index is 2.28. The Morgan fingerprint density at radius 3 is 2.53 bits per heavy atom. The summed E-state index contributed by atoms with van der Waals surface area (Å²) in [4.78, 5) is 0. The van der Waals surface area contributed by atoms with E-state index < -0.39 is 6.42 Å². The van der Waals surface area contributed by atoms with Crippen LogP contribution in [0.3, 0.4) is 0 Å². The average Bonchev–Trinajstić information content (AvgIpc) is 2.41. The van der Waals surface area contributed by atoms with E-state index in [2.05, 4.69) is 16.8 Å². The molecule has 1 saturated heterocycles. The van der Waals surface area contributed by atoms with Gasteiger partial charge in [-0.05, 0) is 18.7 Å². The largest absolute Gasteiger partial charge is 0.379 e. The summed E-state index contributed by atoms with van der Waals surface area (Å²) in [5, 5.41) is 1.14. The van der Waals surface area contributed by atoms with Gasteiger partial charge in [-0.2, -0.15) is 0 Å². The standard InChI is InChI=1S/C12H18NO2PS/c1-2-15-16(17,12-6-4-3-5-7-12)13-8-10-14-11-9-13/h3-7H,2,8-11H2,1H3. The van der Waals surface area contributed by atoms with Gasteiger partial charge in [-0.25, -0.2) is 4.67 Å². The number of morpholine rings is 1. The minimum Gasteiger partial charge on any atom is -0.379 e. The van der Waals surface area contributed by atoms with Crippen LogP contribution in [0.2, 0.25) is 0 Å². The van der Waals surface area contributed by atoms with Gasteiger partial charge in [0.1, 0.15) is 0 Å². The van der Waals surface area contributed by atoms with Crippen molar-refractivity contribution in [1.29, 1.82) is 0 Å². The second-order valence-electron chi connectivity index (χ2n) is 3.84. The summed E-state index contributed by atoms with van der Waals surface area (Å²) in [6.07, 6.45) is -2.06. The van der Waals surface area contributed by atoms with Crippen molar-refractivity contribution in [2.24, 2.45) is 0 Å². The van der Waals surface area contributed by atoms with Crippen LogP contribution in [0.4, 0.5) is 0 Å². The number of benzene rings is 1. The first-order valence-corrected chi connectivity index (χ1v) is 8.58. The summed E-state index contributed by atoms with van der Waals surface area (Å²) in [5.41, 5.74) is 0. The normalized spacial score (nSPS) is 21.0. The molecule has 0 saturated carbocycles. The molecule has 0 aliphatic carbocycles. The third-order valence-corrected chi connectivity index (χ3v) is 7.09. The Morgan fingerprint density at radius 2 is 1.94 bits per heavy atom. The van der Waals surface area contributed by atoms with E-state index in [1.54, 1.807) is 0 Å². The summed E-state index contributed by atoms with van der Waals surface area (Å²) >= 11 is 5.85. The van der Waals surface area contributed by atoms with Gasteiger partial charge in [0.05, 0.1) is 19.8 Å². The smallest absolute Gasteiger partial charge is 0.161 e. The van der Waals surface area contributed by atoms with E-state index in [9.17, 15) is 0 Å². The lowest BCUT2D eigenvalue weighted by Crippen LogP contribution is -2.37. The van der Waals surface area contributed by atoms with Gasteiger partial charge in [0.15, 0.2) is 6.42 Å². The summed E-state index contributed by atoms with van der Waals surface area (Å²) in [7, 11) is 0. The zero-order valence-corrected chi connectivity index (χ0v) is 11.8. The molecule has 0 N–H and O–H groups in total. The van der Waals surface area contributed by atoms with Crippen LogP contribution in [0.25, 0.3) is 0 Å². The second-order valence-corrected chi connectivity index (χ2v) is 7.71. The molecule has 1 aliphatic heterocycles. The van der Waals surface area contributed by atoms with Gasteiger partial charge >= 0.3 is 0 Å². The molecule has 1 heterocycles. The first kappa shape index (κ1) is 13.2. The fourth-order valence-corrected chi connectivity index (χ4v) is 5.33. The van der Waals surface area contributed by atoms with Crippen LogP contribution in [0, 0.1) is 0 Å². The van der Waals surface area contributed by atoms with Gasteiger partial charge < -0.3 is 9.26 Å². The van der Waals surface area contributed by atoms with Crippen LogP contribution in [-0.4, -0.2) is 37.6 Å². The number of ether oxygens (including phenoxy) is 1. The molecule has 0 radical (unpaired) electrons. The fourth-order valence-electron chi connectivity index (χ4n) is 1.93. The minimum absolute atomic E-state index is 0.656. The monoisotopic (exact) mass is 271 g/mol. The van der Waals surface area contributed by atoms with Crippen molar-refractivity contribution in [2.45, 2.75) is 6.92 Å². The van der Waals surface area contributed by atoms with Gasteiger partial charge in [0.25, 0.3) is 0 Å². The van der Waals surface area contributed by atoms with E-state index in [1.165, 1.54) is 0 Å². The number of hydrogen-bond donors (Lipinski definition) is 0. The van der Waals surface area contributed by atoms with Gasteiger partial charge in [-0.1, -0.05) is 30.3 Å². The van der Waals surface area contributed by atoms with Crippen molar-refractivity contribution >= 4 is 23.5 Å².